The maximum atomic E-state index is 4.28. The first-order valence-electron chi connectivity index (χ1n) is 18.3. The van der Waals surface area contributed by atoms with Crippen LogP contribution in [0.2, 0.25) is 0 Å². The lowest BCUT2D eigenvalue weighted by Crippen LogP contribution is -2.33. The molecule has 0 amide bonds. The van der Waals surface area contributed by atoms with Gasteiger partial charge in [-0.15, -0.1) is 0 Å². The van der Waals surface area contributed by atoms with Gasteiger partial charge < -0.3 is 0 Å². The van der Waals surface area contributed by atoms with Crippen molar-refractivity contribution in [3.05, 3.63) is 217 Å². The fraction of sp³-hybridized carbons (Fsp3) is 0.102. The van der Waals surface area contributed by atoms with Crippen molar-refractivity contribution in [2.24, 2.45) is 0 Å². The zero-order valence-electron chi connectivity index (χ0n) is 30.2. The van der Waals surface area contributed by atoms with E-state index in [9.17, 15) is 0 Å². The first-order valence-corrected chi connectivity index (χ1v) is 18.3. The van der Waals surface area contributed by atoms with Crippen LogP contribution in [0.25, 0.3) is 39.0 Å². The van der Waals surface area contributed by atoms with E-state index in [1.807, 2.05) is 4.58 Å². The fourth-order valence-electron chi connectivity index (χ4n) is 6.94. The highest BCUT2D eigenvalue weighted by Crippen LogP contribution is 2.25. The molecule has 14 bridgehead atoms. The molecule has 0 spiro atoms. The molecule has 11 aliphatic rings. The molecule has 11 aliphatic heterocycles. The van der Waals surface area contributed by atoms with Crippen LogP contribution < -0.4 is 13.7 Å². The molecule has 0 N–H and O–H groups in total. The van der Waals surface area contributed by atoms with E-state index >= 15 is 0 Å². The van der Waals surface area contributed by atoms with Crippen LogP contribution in [0.3, 0.4) is 0 Å². The van der Waals surface area contributed by atoms with Gasteiger partial charge in [-0.3, -0.25) is 0 Å². The van der Waals surface area contributed by atoms with Crippen molar-refractivity contribution in [1.29, 1.82) is 0 Å². The lowest BCUT2D eigenvalue weighted by molar-refractivity contribution is -0.688. The number of pyridine rings is 3. The molecule has 0 radical (unpaired) electrons. The van der Waals surface area contributed by atoms with Gasteiger partial charge in [0.2, 0.25) is 0 Å². The smallest absolute Gasteiger partial charge is 0.173 e. The maximum absolute atomic E-state index is 4.28. The summed E-state index contributed by atoms with van der Waals surface area (Å²) in [5.74, 6) is 0. The Morgan fingerprint density at radius 2 is 0.660 bits per heavy atom. The van der Waals surface area contributed by atoms with Crippen molar-refractivity contribution in [2.45, 2.75) is 33.1 Å². The Kier molecular flexibility index (Phi) is 9.76. The summed E-state index contributed by atoms with van der Waals surface area (Å²) in [4.78, 5) is 0. The van der Waals surface area contributed by atoms with Crippen LogP contribution in [0.5, 0.6) is 0 Å². The Morgan fingerprint density at radius 3 is 0.981 bits per heavy atom. The number of fused-ring (bicyclic) bond motifs is 1. The van der Waals surface area contributed by atoms with Gasteiger partial charge in [0, 0.05) is 64.7 Å². The first-order chi connectivity index (χ1) is 26.0. The molecule has 256 valence electrons. The summed E-state index contributed by atoms with van der Waals surface area (Å²) in [7, 11) is 0. The summed E-state index contributed by atoms with van der Waals surface area (Å²) in [6, 6.07) is 48.7. The molecule has 18 rings (SSSR count). The zero-order valence-corrected chi connectivity index (χ0v) is 30.2. The molecule has 3 aromatic heterocycles. The van der Waals surface area contributed by atoms with E-state index in [4.69, 9.17) is 0 Å². The fourth-order valence-corrected chi connectivity index (χ4v) is 6.94. The SMILES string of the molecule is C=[N+]1/C=C\C(=C/C)c2ccc(cc2)-c2cc[n+](cc2)Cc2ccc(cc2)C[n+]2ccc(cc2)-c2ccc(cc2)-c2cc[n+](cc2)Cc2ccc(cc2)C1. The Balaban J connectivity index is 1.05. The van der Waals surface area contributed by atoms with Crippen molar-refractivity contribution in [2.75, 3.05) is 0 Å². The topological polar surface area (TPSA) is 14.6 Å². The van der Waals surface area contributed by atoms with Crippen molar-refractivity contribution in [3.63, 3.8) is 0 Å². The highest BCUT2D eigenvalue weighted by atomic mass is 14.9. The van der Waals surface area contributed by atoms with Crippen molar-refractivity contribution >= 4 is 12.3 Å². The number of nitrogens with zero attached hydrogens (tertiary/aromatic N) is 4. The van der Waals surface area contributed by atoms with Gasteiger partial charge in [-0.2, -0.15) is 0 Å². The van der Waals surface area contributed by atoms with Crippen LogP contribution in [-0.4, -0.2) is 11.3 Å². The summed E-state index contributed by atoms with van der Waals surface area (Å²) in [6.07, 6.45) is 19.4. The van der Waals surface area contributed by atoms with Gasteiger partial charge in [-0.25, -0.2) is 18.3 Å². The summed E-state index contributed by atoms with van der Waals surface area (Å²) >= 11 is 0. The van der Waals surface area contributed by atoms with Crippen molar-refractivity contribution < 1.29 is 18.3 Å². The molecule has 4 aromatic carbocycles. The third-order valence-electron chi connectivity index (χ3n) is 10.1. The minimum Gasteiger partial charge on any atom is -0.207 e. The molecule has 53 heavy (non-hydrogen) atoms. The molecule has 0 saturated carbocycles. The summed E-state index contributed by atoms with van der Waals surface area (Å²) in [5, 5.41) is 0. The maximum Gasteiger partial charge on any atom is 0.173 e. The number of hydrogen-bond acceptors (Lipinski definition) is 0. The van der Waals surface area contributed by atoms with Gasteiger partial charge in [0.15, 0.2) is 69.6 Å². The van der Waals surface area contributed by atoms with Crippen LogP contribution in [0.4, 0.5) is 0 Å². The molecule has 0 unspecified atom stereocenters. The summed E-state index contributed by atoms with van der Waals surface area (Å²) in [5.41, 5.74) is 14.7. The van der Waals surface area contributed by atoms with Gasteiger partial charge >= 0.3 is 0 Å². The van der Waals surface area contributed by atoms with Crippen LogP contribution in [0, 0.1) is 0 Å². The Labute approximate surface area is 312 Å². The number of hydrogen-bond donors (Lipinski definition) is 0. The standard InChI is InChI=1S/C49H44N4/c1-3-42-20-27-50(2)34-38-4-6-39(7-5-38)35-51-30-23-48(24-31-51)45-16-18-46(19-17-45)49-25-32-53(33-26-49)37-41-10-8-40(9-11-41)36-52-28-21-47(22-29-52)44-14-12-43(42)13-15-44/h3-33H,2,34-37H2,1H3/q+4/b27-20-,42-3+. The molecule has 4 nitrogen and oxygen atoms in total. The molecule has 7 aromatic rings. The van der Waals surface area contributed by atoms with E-state index < -0.39 is 0 Å². The van der Waals surface area contributed by atoms with Gasteiger partial charge in [0.05, 0.1) is 0 Å². The minimum atomic E-state index is 0.733. The highest BCUT2D eigenvalue weighted by Gasteiger charge is 2.11. The Bertz CT molecular complexity index is 2390. The predicted molar refractivity (Wildman–Crippen MR) is 214 cm³/mol. The molecule has 0 aliphatic carbocycles. The highest BCUT2D eigenvalue weighted by molar-refractivity contribution is 5.75. The van der Waals surface area contributed by atoms with Gasteiger partial charge in [0.25, 0.3) is 0 Å². The summed E-state index contributed by atoms with van der Waals surface area (Å²) in [6.45, 7) is 9.58. The molecular formula is C49H44N4+4. The minimum absolute atomic E-state index is 0.733. The first kappa shape index (κ1) is 33.6. The normalized spacial score (nSPS) is 14.4. The molecule has 4 heteroatoms. The van der Waals surface area contributed by atoms with Gasteiger partial charge in [0.1, 0.15) is 6.72 Å². The molecular weight excluding hydrogens is 645 g/mol. The van der Waals surface area contributed by atoms with Crippen molar-refractivity contribution in [3.8, 4) is 33.4 Å². The quantitative estimate of drug-likeness (QED) is 0.142. The lowest BCUT2D eigenvalue weighted by Gasteiger charge is -2.06. The molecule has 14 heterocycles. The average molecular weight is 689 g/mol. The second kappa shape index (κ2) is 15.4. The molecule has 0 fully saturated rings. The number of benzene rings is 4. The van der Waals surface area contributed by atoms with E-state index in [1.165, 1.54) is 61.2 Å². The van der Waals surface area contributed by atoms with E-state index in [1.54, 1.807) is 0 Å². The predicted octanol–water partition coefficient (Wildman–Crippen LogP) is 8.84. The van der Waals surface area contributed by atoms with E-state index in [0.29, 0.717) is 0 Å². The zero-order chi connectivity index (χ0) is 36.0. The van der Waals surface area contributed by atoms with Gasteiger partial charge in [-0.1, -0.05) is 103 Å². The number of aromatic nitrogens is 3. The largest absolute Gasteiger partial charge is 0.207 e. The van der Waals surface area contributed by atoms with Crippen LogP contribution >= 0.6 is 0 Å². The average Bonchev–Trinajstić information content (AvgIpc) is 3.21. The third kappa shape index (κ3) is 8.19. The Morgan fingerprint density at radius 1 is 0.377 bits per heavy atom. The van der Waals surface area contributed by atoms with E-state index in [0.717, 1.165) is 31.8 Å². The Hall–Kier alpha value is -6.52. The van der Waals surface area contributed by atoms with Gasteiger partial charge in [-0.05, 0) is 51.4 Å². The molecule has 0 atom stereocenters. The number of rotatable bonds is 0. The van der Waals surface area contributed by atoms with Crippen LogP contribution in [0.15, 0.2) is 189 Å². The lowest BCUT2D eigenvalue weighted by atomic mass is 10.0. The van der Waals surface area contributed by atoms with Crippen LogP contribution in [-0.2, 0) is 26.2 Å². The monoisotopic (exact) mass is 688 g/mol. The van der Waals surface area contributed by atoms with Crippen LogP contribution in [0.1, 0.15) is 34.7 Å². The van der Waals surface area contributed by atoms with E-state index in [2.05, 4.69) is 216 Å². The second-order valence-electron chi connectivity index (χ2n) is 13.9. The van der Waals surface area contributed by atoms with Crippen molar-refractivity contribution in [1.82, 2.24) is 0 Å². The summed E-state index contributed by atoms with van der Waals surface area (Å²) < 4.78 is 8.69. The molecule has 0 saturated heterocycles. The number of allylic oxidation sites excluding steroid dienone is 3. The third-order valence-corrected chi connectivity index (χ3v) is 10.1. The van der Waals surface area contributed by atoms with E-state index in [-0.39, 0.29) is 0 Å². The second-order valence-corrected chi connectivity index (χ2v) is 13.9.